The summed E-state index contributed by atoms with van der Waals surface area (Å²) < 4.78 is 9.82. The van der Waals surface area contributed by atoms with Gasteiger partial charge in [-0.3, -0.25) is 0 Å². The third-order valence-corrected chi connectivity index (χ3v) is 1.78. The molecule has 66 valence electrons. The fourth-order valence-corrected chi connectivity index (χ4v) is 1.04. The Hall–Kier alpha value is -1.09. The van der Waals surface area contributed by atoms with E-state index in [0.29, 0.717) is 5.75 Å². The average molecular weight is 189 g/mol. The predicted molar refractivity (Wildman–Crippen MR) is 46.2 cm³/mol. The number of ether oxygens (including phenoxy) is 2. The zero-order chi connectivity index (χ0) is 9.14. The maximum Gasteiger partial charge on any atom is 0.204 e. The van der Waals surface area contributed by atoms with Crippen LogP contribution in [-0.2, 0) is 0 Å². The molecule has 1 aromatic carbocycles. The van der Waals surface area contributed by atoms with E-state index < -0.39 is 0 Å². The van der Waals surface area contributed by atoms with Gasteiger partial charge in [-0.2, -0.15) is 0 Å². The third-order valence-electron chi connectivity index (χ3n) is 1.47. The summed E-state index contributed by atoms with van der Waals surface area (Å²) in [6.07, 6.45) is 0. The highest BCUT2D eigenvalue weighted by atomic mass is 35.5. The number of phenolic OH excluding ortho intramolecular Hbond substituents is 1. The van der Waals surface area contributed by atoms with E-state index in [1.54, 1.807) is 6.07 Å². The molecule has 0 spiro atoms. The minimum atomic E-state index is -0.0986. The Labute approximate surface area is 75.5 Å². The number of aromatic hydroxyl groups is 1. The van der Waals surface area contributed by atoms with Crippen LogP contribution in [0.3, 0.4) is 0 Å². The van der Waals surface area contributed by atoms with Gasteiger partial charge < -0.3 is 14.6 Å². The average Bonchev–Trinajstić information content (AvgIpc) is 2.09. The van der Waals surface area contributed by atoms with Crippen molar-refractivity contribution in [3.63, 3.8) is 0 Å². The maximum absolute atomic E-state index is 9.37. The van der Waals surface area contributed by atoms with Crippen LogP contribution in [-0.4, -0.2) is 19.3 Å². The van der Waals surface area contributed by atoms with Crippen molar-refractivity contribution in [2.75, 3.05) is 14.2 Å². The molecule has 1 aromatic rings. The lowest BCUT2D eigenvalue weighted by molar-refractivity contribution is 0.333. The highest BCUT2D eigenvalue weighted by Crippen LogP contribution is 2.40. The molecule has 0 saturated heterocycles. The zero-order valence-corrected chi connectivity index (χ0v) is 7.55. The van der Waals surface area contributed by atoms with E-state index in [-0.39, 0.29) is 16.5 Å². The van der Waals surface area contributed by atoms with Gasteiger partial charge in [-0.05, 0) is 12.1 Å². The maximum atomic E-state index is 9.37. The lowest BCUT2D eigenvalue weighted by atomic mass is 10.3. The molecule has 0 heterocycles. The molecule has 12 heavy (non-hydrogen) atoms. The van der Waals surface area contributed by atoms with E-state index in [1.807, 2.05) is 0 Å². The van der Waals surface area contributed by atoms with Gasteiger partial charge in [0.25, 0.3) is 0 Å². The summed E-state index contributed by atoms with van der Waals surface area (Å²) in [6.45, 7) is 0. The van der Waals surface area contributed by atoms with Crippen LogP contribution in [0.2, 0.25) is 5.02 Å². The van der Waals surface area contributed by atoms with Gasteiger partial charge >= 0.3 is 0 Å². The summed E-state index contributed by atoms with van der Waals surface area (Å²) >= 11 is 5.64. The van der Waals surface area contributed by atoms with Crippen molar-refractivity contribution in [3.8, 4) is 17.2 Å². The fourth-order valence-electron chi connectivity index (χ4n) is 0.887. The van der Waals surface area contributed by atoms with Crippen molar-refractivity contribution in [3.05, 3.63) is 17.2 Å². The molecule has 1 N–H and O–H groups in total. The smallest absolute Gasteiger partial charge is 0.204 e. The largest absolute Gasteiger partial charge is 0.503 e. The van der Waals surface area contributed by atoms with Crippen molar-refractivity contribution in [2.24, 2.45) is 0 Å². The van der Waals surface area contributed by atoms with Gasteiger partial charge in [-0.1, -0.05) is 11.6 Å². The zero-order valence-electron chi connectivity index (χ0n) is 6.80. The summed E-state index contributed by atoms with van der Waals surface area (Å²) in [7, 11) is 2.93. The Bertz CT molecular complexity index is 286. The molecule has 0 bridgehead atoms. The Morgan fingerprint density at radius 1 is 1.25 bits per heavy atom. The monoisotopic (exact) mass is 188 g/mol. The van der Waals surface area contributed by atoms with Gasteiger partial charge in [0.1, 0.15) is 0 Å². The van der Waals surface area contributed by atoms with Gasteiger partial charge in [-0.15, -0.1) is 0 Å². The van der Waals surface area contributed by atoms with Crippen molar-refractivity contribution >= 4 is 11.6 Å². The third kappa shape index (κ3) is 1.41. The second kappa shape index (κ2) is 3.54. The Balaban J connectivity index is 3.25. The van der Waals surface area contributed by atoms with Crippen LogP contribution < -0.4 is 9.47 Å². The van der Waals surface area contributed by atoms with Crippen LogP contribution in [0, 0.1) is 0 Å². The van der Waals surface area contributed by atoms with Crippen LogP contribution in [0.15, 0.2) is 12.1 Å². The van der Waals surface area contributed by atoms with E-state index >= 15 is 0 Å². The highest BCUT2D eigenvalue weighted by Gasteiger charge is 2.11. The Kier molecular flexibility index (Phi) is 2.65. The number of hydrogen-bond acceptors (Lipinski definition) is 3. The first kappa shape index (κ1) is 9.00. The quantitative estimate of drug-likeness (QED) is 0.772. The Morgan fingerprint density at radius 2 is 1.92 bits per heavy atom. The first-order chi connectivity index (χ1) is 5.70. The standard InChI is InChI=1S/C8H9ClO3/c1-11-6-4-3-5(9)7(10)8(6)12-2/h3-4,10H,1-2H3. The molecule has 0 aromatic heterocycles. The normalized spacial score (nSPS) is 9.58. The molecule has 0 fully saturated rings. The number of phenols is 1. The summed E-state index contributed by atoms with van der Waals surface area (Å²) in [4.78, 5) is 0. The SMILES string of the molecule is COc1ccc(Cl)c(O)c1OC. The van der Waals surface area contributed by atoms with Gasteiger partial charge in [0, 0.05) is 0 Å². The molecular formula is C8H9ClO3. The van der Waals surface area contributed by atoms with Gasteiger partial charge in [0.2, 0.25) is 5.75 Å². The van der Waals surface area contributed by atoms with Crippen LogP contribution in [0.25, 0.3) is 0 Å². The van der Waals surface area contributed by atoms with E-state index in [9.17, 15) is 5.11 Å². The van der Waals surface area contributed by atoms with Crippen LogP contribution in [0.1, 0.15) is 0 Å². The van der Waals surface area contributed by atoms with Crippen LogP contribution in [0.4, 0.5) is 0 Å². The Morgan fingerprint density at radius 3 is 2.42 bits per heavy atom. The molecule has 0 amide bonds. The number of benzene rings is 1. The lowest BCUT2D eigenvalue weighted by Crippen LogP contribution is -1.90. The second-order valence-corrected chi connectivity index (χ2v) is 2.54. The summed E-state index contributed by atoms with van der Waals surface area (Å²) in [5.41, 5.74) is 0. The van der Waals surface area contributed by atoms with Crippen LogP contribution in [0.5, 0.6) is 17.2 Å². The van der Waals surface area contributed by atoms with Gasteiger partial charge in [0.15, 0.2) is 11.5 Å². The summed E-state index contributed by atoms with van der Waals surface area (Å²) in [6, 6.07) is 3.17. The molecule has 3 nitrogen and oxygen atoms in total. The van der Waals surface area contributed by atoms with Gasteiger partial charge in [-0.25, -0.2) is 0 Å². The first-order valence-electron chi connectivity index (χ1n) is 3.30. The van der Waals surface area contributed by atoms with E-state index in [4.69, 9.17) is 21.1 Å². The number of halogens is 1. The second-order valence-electron chi connectivity index (χ2n) is 2.13. The number of rotatable bonds is 2. The van der Waals surface area contributed by atoms with Crippen LogP contribution >= 0.6 is 11.6 Å². The molecule has 0 radical (unpaired) electrons. The van der Waals surface area contributed by atoms with E-state index in [1.165, 1.54) is 20.3 Å². The van der Waals surface area contributed by atoms with Crippen molar-refractivity contribution in [1.82, 2.24) is 0 Å². The highest BCUT2D eigenvalue weighted by molar-refractivity contribution is 6.32. The summed E-state index contributed by atoms with van der Waals surface area (Å²) in [5.74, 6) is 0.614. The molecule has 4 heteroatoms. The molecule has 1 rings (SSSR count). The van der Waals surface area contributed by atoms with Gasteiger partial charge in [0.05, 0.1) is 19.2 Å². The minimum absolute atomic E-state index is 0.0986. The molecule has 0 aliphatic rings. The number of methoxy groups -OCH3 is 2. The van der Waals surface area contributed by atoms with E-state index in [2.05, 4.69) is 0 Å². The van der Waals surface area contributed by atoms with Crippen molar-refractivity contribution in [2.45, 2.75) is 0 Å². The molecule has 0 aliphatic heterocycles. The fraction of sp³-hybridized carbons (Fsp3) is 0.250. The van der Waals surface area contributed by atoms with Crippen molar-refractivity contribution in [1.29, 1.82) is 0 Å². The number of hydrogen-bond donors (Lipinski definition) is 1. The molecule has 0 atom stereocenters. The molecular weight excluding hydrogens is 180 g/mol. The lowest BCUT2D eigenvalue weighted by Gasteiger charge is -2.09. The molecule has 0 saturated carbocycles. The van der Waals surface area contributed by atoms with E-state index in [0.717, 1.165) is 0 Å². The first-order valence-corrected chi connectivity index (χ1v) is 3.68. The molecule has 0 unspecified atom stereocenters. The predicted octanol–water partition coefficient (Wildman–Crippen LogP) is 2.06. The van der Waals surface area contributed by atoms with Crippen molar-refractivity contribution < 1.29 is 14.6 Å². The minimum Gasteiger partial charge on any atom is -0.503 e. The topological polar surface area (TPSA) is 38.7 Å². The molecule has 0 aliphatic carbocycles. The summed E-state index contributed by atoms with van der Waals surface area (Å²) in [5, 5.41) is 9.62.